The number of rotatable bonds is 1. The Hall–Kier alpha value is -2.24. The molecule has 0 saturated carbocycles. The first-order chi connectivity index (χ1) is 7.79. The molecule has 2 heterocycles. The van der Waals surface area contributed by atoms with Crippen LogP contribution in [0.5, 0.6) is 5.75 Å². The van der Waals surface area contributed by atoms with E-state index in [1.54, 1.807) is 25.3 Å². The molecule has 3 aromatic rings. The fourth-order valence-corrected chi connectivity index (χ4v) is 1.67. The molecule has 0 aliphatic rings. The number of benzene rings is 1. The first kappa shape index (κ1) is 9.02. The number of hydrogen-bond donors (Lipinski definition) is 0. The van der Waals surface area contributed by atoms with Crippen molar-refractivity contribution in [1.29, 1.82) is 0 Å². The van der Waals surface area contributed by atoms with Gasteiger partial charge >= 0.3 is 6.08 Å². The number of para-hydroxylation sites is 1. The second-order valence-corrected chi connectivity index (χ2v) is 3.25. The third kappa shape index (κ3) is 1.13. The van der Waals surface area contributed by atoms with Gasteiger partial charge in [-0.15, -0.1) is 5.10 Å². The molecule has 16 heavy (non-hydrogen) atoms. The Morgan fingerprint density at radius 3 is 3.06 bits per heavy atom. The Morgan fingerprint density at radius 2 is 2.25 bits per heavy atom. The van der Waals surface area contributed by atoms with Gasteiger partial charge in [-0.05, 0) is 12.1 Å². The second kappa shape index (κ2) is 3.13. The highest BCUT2D eigenvalue weighted by molar-refractivity contribution is 5.94. The van der Waals surface area contributed by atoms with E-state index in [-0.39, 0.29) is 0 Å². The van der Waals surface area contributed by atoms with Crippen LogP contribution in [-0.2, 0) is 0 Å². The normalized spacial score (nSPS) is 11.1. The number of methoxy groups -OCH3 is 1. The predicted molar refractivity (Wildman–Crippen MR) is 54.8 cm³/mol. The van der Waals surface area contributed by atoms with Crippen molar-refractivity contribution in [2.45, 2.75) is 0 Å². The van der Waals surface area contributed by atoms with E-state index < -0.39 is 6.08 Å². The largest absolute Gasteiger partial charge is 0.494 e. The zero-order valence-corrected chi connectivity index (χ0v) is 8.38. The van der Waals surface area contributed by atoms with E-state index in [1.807, 2.05) is 0 Å². The van der Waals surface area contributed by atoms with Gasteiger partial charge in [0.15, 0.2) is 5.65 Å². The lowest BCUT2D eigenvalue weighted by molar-refractivity contribution is 0.419. The summed E-state index contributed by atoms with van der Waals surface area (Å²) in [5.74, 6) is 0.628. The van der Waals surface area contributed by atoms with Gasteiger partial charge in [-0.2, -0.15) is 13.9 Å². The maximum Gasteiger partial charge on any atom is 0.328 e. The maximum atomic E-state index is 12.9. The molecule has 0 bridgehead atoms. The number of hydrogen-bond acceptors (Lipinski definition) is 4. The molecule has 0 N–H and O–H groups in total. The maximum absolute atomic E-state index is 12.9. The van der Waals surface area contributed by atoms with Crippen LogP contribution in [0.25, 0.3) is 16.6 Å². The van der Waals surface area contributed by atoms with Crippen molar-refractivity contribution < 1.29 is 9.13 Å². The molecule has 0 amide bonds. The van der Waals surface area contributed by atoms with Gasteiger partial charge in [0, 0.05) is 5.39 Å². The van der Waals surface area contributed by atoms with Crippen molar-refractivity contribution in [1.82, 2.24) is 19.6 Å². The summed E-state index contributed by atoms with van der Waals surface area (Å²) in [5.41, 5.74) is 1.08. The number of ether oxygens (including phenoxy) is 1. The fraction of sp³-hybridized carbons (Fsp3) is 0.100. The molecule has 6 heteroatoms. The predicted octanol–water partition coefficient (Wildman–Crippen LogP) is 1.43. The Kier molecular flexibility index (Phi) is 1.76. The van der Waals surface area contributed by atoms with E-state index in [2.05, 4.69) is 15.1 Å². The molecule has 0 unspecified atom stereocenters. The van der Waals surface area contributed by atoms with Gasteiger partial charge in [-0.3, -0.25) is 0 Å². The lowest BCUT2D eigenvalue weighted by atomic mass is 10.2. The molecule has 0 fully saturated rings. The van der Waals surface area contributed by atoms with Gasteiger partial charge in [0.05, 0.1) is 7.11 Å². The Labute approximate surface area is 89.5 Å². The van der Waals surface area contributed by atoms with Crippen LogP contribution in [0.1, 0.15) is 0 Å². The fourth-order valence-electron chi connectivity index (χ4n) is 1.67. The quantitative estimate of drug-likeness (QED) is 0.620. The van der Waals surface area contributed by atoms with Crippen LogP contribution in [0.2, 0.25) is 0 Å². The molecule has 3 rings (SSSR count). The molecule has 5 nitrogen and oxygen atoms in total. The van der Waals surface area contributed by atoms with Crippen molar-refractivity contribution in [2.75, 3.05) is 7.11 Å². The molecule has 0 radical (unpaired) electrons. The van der Waals surface area contributed by atoms with E-state index in [0.717, 1.165) is 0 Å². The minimum absolute atomic E-state index is 0.432. The van der Waals surface area contributed by atoms with Crippen LogP contribution in [0.3, 0.4) is 0 Å². The molecule has 0 aliphatic heterocycles. The average Bonchev–Trinajstić information content (AvgIpc) is 2.69. The lowest BCUT2D eigenvalue weighted by Gasteiger charge is -2.03. The molecule has 0 saturated heterocycles. The first-order valence-electron chi connectivity index (χ1n) is 4.63. The number of nitrogens with zero attached hydrogens (tertiary/aromatic N) is 4. The minimum Gasteiger partial charge on any atom is -0.494 e. The van der Waals surface area contributed by atoms with Crippen LogP contribution in [-0.4, -0.2) is 26.7 Å². The molecule has 80 valence electrons. The zero-order valence-electron chi connectivity index (χ0n) is 8.38. The van der Waals surface area contributed by atoms with Gasteiger partial charge in [0.2, 0.25) is 0 Å². The Balaban J connectivity index is 2.51. The summed E-state index contributed by atoms with van der Waals surface area (Å²) >= 11 is 0. The second-order valence-electron chi connectivity index (χ2n) is 3.25. The van der Waals surface area contributed by atoms with E-state index >= 15 is 0 Å². The molecular formula is C10H7FN4O. The first-order valence-corrected chi connectivity index (χ1v) is 4.63. The van der Waals surface area contributed by atoms with Crippen molar-refractivity contribution in [2.24, 2.45) is 0 Å². The number of halogens is 1. The summed E-state index contributed by atoms with van der Waals surface area (Å²) in [6.07, 6.45) is 0.646. The third-order valence-corrected chi connectivity index (χ3v) is 2.36. The van der Waals surface area contributed by atoms with Gasteiger partial charge in [0.25, 0.3) is 0 Å². The van der Waals surface area contributed by atoms with Crippen LogP contribution in [0.4, 0.5) is 4.39 Å². The van der Waals surface area contributed by atoms with Crippen LogP contribution >= 0.6 is 0 Å². The van der Waals surface area contributed by atoms with Gasteiger partial charge in [-0.25, -0.2) is 4.98 Å². The van der Waals surface area contributed by atoms with Crippen molar-refractivity contribution in [3.8, 4) is 5.75 Å². The summed E-state index contributed by atoms with van der Waals surface area (Å²) in [7, 11) is 1.56. The molecule has 1 aromatic carbocycles. The standard InChI is InChI=1S/C10H7FN4O/c1-16-7-4-2-3-6-8(7)12-5-15-9(6)13-10(11)14-15/h2-5H,1H3. The lowest BCUT2D eigenvalue weighted by Crippen LogP contribution is -1.93. The molecule has 2 aromatic heterocycles. The van der Waals surface area contributed by atoms with E-state index in [0.29, 0.717) is 22.3 Å². The zero-order chi connectivity index (χ0) is 11.1. The van der Waals surface area contributed by atoms with E-state index in [9.17, 15) is 4.39 Å². The van der Waals surface area contributed by atoms with Crippen molar-refractivity contribution in [3.05, 3.63) is 30.6 Å². The topological polar surface area (TPSA) is 52.3 Å². The number of aromatic nitrogens is 4. The van der Waals surface area contributed by atoms with Gasteiger partial charge < -0.3 is 4.74 Å². The molecule has 0 atom stereocenters. The number of fused-ring (bicyclic) bond motifs is 3. The van der Waals surface area contributed by atoms with Crippen LogP contribution in [0.15, 0.2) is 24.5 Å². The summed E-state index contributed by atoms with van der Waals surface area (Å²) < 4.78 is 19.4. The highest BCUT2D eigenvalue weighted by atomic mass is 19.1. The minimum atomic E-state index is -0.767. The summed E-state index contributed by atoms with van der Waals surface area (Å²) in [6, 6.07) is 5.39. The van der Waals surface area contributed by atoms with Crippen molar-refractivity contribution >= 4 is 16.6 Å². The van der Waals surface area contributed by atoms with E-state index in [1.165, 1.54) is 10.8 Å². The monoisotopic (exact) mass is 218 g/mol. The van der Waals surface area contributed by atoms with Crippen LogP contribution in [0, 0.1) is 6.08 Å². The summed E-state index contributed by atoms with van der Waals surface area (Å²) in [5, 5.41) is 4.26. The Morgan fingerprint density at radius 1 is 1.38 bits per heavy atom. The van der Waals surface area contributed by atoms with Gasteiger partial charge in [-0.1, -0.05) is 6.07 Å². The Bertz CT molecular complexity index is 679. The smallest absolute Gasteiger partial charge is 0.328 e. The van der Waals surface area contributed by atoms with Gasteiger partial charge in [0.1, 0.15) is 17.6 Å². The average molecular weight is 218 g/mol. The third-order valence-electron chi connectivity index (χ3n) is 2.36. The van der Waals surface area contributed by atoms with Crippen molar-refractivity contribution in [3.63, 3.8) is 0 Å². The highest BCUT2D eigenvalue weighted by Crippen LogP contribution is 2.25. The SMILES string of the molecule is COc1cccc2c1ncn1nc(F)nc21. The summed E-state index contributed by atoms with van der Waals surface area (Å²) in [6.45, 7) is 0. The highest BCUT2D eigenvalue weighted by Gasteiger charge is 2.10. The molecule has 0 spiro atoms. The molecular weight excluding hydrogens is 211 g/mol. The summed E-state index contributed by atoms with van der Waals surface area (Å²) in [4.78, 5) is 7.87. The van der Waals surface area contributed by atoms with E-state index in [4.69, 9.17) is 4.74 Å². The molecule has 0 aliphatic carbocycles. The van der Waals surface area contributed by atoms with Crippen LogP contribution < -0.4 is 4.74 Å².